The summed E-state index contributed by atoms with van der Waals surface area (Å²) in [5.41, 5.74) is 5.51. The lowest BCUT2D eigenvalue weighted by molar-refractivity contribution is 0.285. The van der Waals surface area contributed by atoms with Gasteiger partial charge in [0.2, 0.25) is 0 Å². The quantitative estimate of drug-likeness (QED) is 0.854. The first-order valence-corrected chi connectivity index (χ1v) is 7.44. The van der Waals surface area contributed by atoms with Crippen molar-refractivity contribution in [2.45, 2.75) is 25.7 Å². The van der Waals surface area contributed by atoms with E-state index in [1.165, 1.54) is 22.5 Å². The van der Waals surface area contributed by atoms with E-state index < -0.39 is 0 Å². The van der Waals surface area contributed by atoms with Crippen LogP contribution in [0.5, 0.6) is 0 Å². The normalized spacial score (nSPS) is 13.6. The molecular formula is C18H21NO. The number of hydrogen-bond acceptors (Lipinski definition) is 2. The Morgan fingerprint density at radius 1 is 0.800 bits per heavy atom. The number of para-hydroxylation sites is 2. The molecule has 2 nitrogen and oxygen atoms in total. The van der Waals surface area contributed by atoms with Gasteiger partial charge in [0.15, 0.2) is 0 Å². The standard InChI is InChI=1S/C18H21NO/c20-14-6-5-13-19-17-9-3-1-7-15(17)11-12-16-8-2-4-10-18(16)19/h1-4,7-10,20H,5-6,11-14H2. The molecule has 0 aromatic heterocycles. The monoisotopic (exact) mass is 267 g/mol. The summed E-state index contributed by atoms with van der Waals surface area (Å²) in [5, 5.41) is 9.02. The van der Waals surface area contributed by atoms with Crippen LogP contribution >= 0.6 is 0 Å². The van der Waals surface area contributed by atoms with Gasteiger partial charge >= 0.3 is 0 Å². The molecule has 0 spiro atoms. The fourth-order valence-electron chi connectivity index (χ4n) is 2.99. The number of hydrogen-bond donors (Lipinski definition) is 1. The lowest BCUT2D eigenvalue weighted by Crippen LogP contribution is -2.19. The summed E-state index contributed by atoms with van der Waals surface area (Å²) in [4.78, 5) is 2.42. The average Bonchev–Trinajstić information content (AvgIpc) is 2.66. The lowest BCUT2D eigenvalue weighted by atomic mass is 10.0. The zero-order chi connectivity index (χ0) is 13.8. The van der Waals surface area contributed by atoms with Crippen LogP contribution in [-0.4, -0.2) is 18.3 Å². The first kappa shape index (κ1) is 13.2. The summed E-state index contributed by atoms with van der Waals surface area (Å²) in [5.74, 6) is 0. The molecule has 104 valence electrons. The van der Waals surface area contributed by atoms with Crippen LogP contribution in [0.25, 0.3) is 0 Å². The van der Waals surface area contributed by atoms with Gasteiger partial charge in [0.05, 0.1) is 0 Å². The lowest BCUT2D eigenvalue weighted by Gasteiger charge is -2.27. The Morgan fingerprint density at radius 2 is 1.35 bits per heavy atom. The van der Waals surface area contributed by atoms with Gasteiger partial charge in [-0.3, -0.25) is 0 Å². The minimum Gasteiger partial charge on any atom is -0.396 e. The molecule has 2 aromatic carbocycles. The van der Waals surface area contributed by atoms with Gasteiger partial charge in [-0.15, -0.1) is 0 Å². The van der Waals surface area contributed by atoms with Gasteiger partial charge in [-0.05, 0) is 48.9 Å². The second-order valence-corrected chi connectivity index (χ2v) is 5.34. The molecule has 3 rings (SSSR count). The van der Waals surface area contributed by atoms with Crippen LogP contribution in [0, 0.1) is 0 Å². The molecule has 0 fully saturated rings. The Morgan fingerprint density at radius 3 is 1.90 bits per heavy atom. The van der Waals surface area contributed by atoms with Crippen LogP contribution < -0.4 is 4.90 Å². The van der Waals surface area contributed by atoms with Crippen LogP contribution in [0.2, 0.25) is 0 Å². The molecule has 1 N–H and O–H groups in total. The molecule has 0 amide bonds. The van der Waals surface area contributed by atoms with E-state index in [0.29, 0.717) is 0 Å². The topological polar surface area (TPSA) is 23.5 Å². The molecule has 0 atom stereocenters. The van der Waals surface area contributed by atoms with Gasteiger partial charge in [0.1, 0.15) is 0 Å². The van der Waals surface area contributed by atoms with Crippen molar-refractivity contribution in [2.24, 2.45) is 0 Å². The highest BCUT2D eigenvalue weighted by atomic mass is 16.2. The van der Waals surface area contributed by atoms with Gasteiger partial charge in [-0.2, -0.15) is 0 Å². The highest BCUT2D eigenvalue weighted by molar-refractivity contribution is 5.71. The van der Waals surface area contributed by atoms with Crippen molar-refractivity contribution >= 4 is 11.4 Å². The van der Waals surface area contributed by atoms with Crippen LogP contribution in [0.3, 0.4) is 0 Å². The number of aryl methyl sites for hydroxylation is 2. The van der Waals surface area contributed by atoms with Crippen molar-refractivity contribution in [3.63, 3.8) is 0 Å². The van der Waals surface area contributed by atoms with Gasteiger partial charge in [-0.25, -0.2) is 0 Å². The number of unbranched alkanes of at least 4 members (excludes halogenated alkanes) is 1. The van der Waals surface area contributed by atoms with Crippen molar-refractivity contribution in [3.8, 4) is 0 Å². The predicted octanol–water partition coefficient (Wildman–Crippen LogP) is 3.70. The van der Waals surface area contributed by atoms with Crippen LogP contribution in [0.1, 0.15) is 24.0 Å². The summed E-state index contributed by atoms with van der Waals surface area (Å²) in [6, 6.07) is 17.4. The average molecular weight is 267 g/mol. The Labute approximate surface area is 120 Å². The minimum absolute atomic E-state index is 0.275. The summed E-state index contributed by atoms with van der Waals surface area (Å²) < 4.78 is 0. The second-order valence-electron chi connectivity index (χ2n) is 5.34. The van der Waals surface area contributed by atoms with Gasteiger partial charge in [0, 0.05) is 24.5 Å². The van der Waals surface area contributed by atoms with E-state index in [1.807, 2.05) is 0 Å². The first-order chi connectivity index (χ1) is 9.90. The molecule has 2 heteroatoms. The van der Waals surface area contributed by atoms with Gasteiger partial charge in [0.25, 0.3) is 0 Å². The number of anilines is 2. The highest BCUT2D eigenvalue weighted by Crippen LogP contribution is 2.35. The molecule has 1 aliphatic rings. The number of rotatable bonds is 4. The Hall–Kier alpha value is -1.80. The van der Waals surface area contributed by atoms with Crippen molar-refractivity contribution in [2.75, 3.05) is 18.1 Å². The molecule has 0 bridgehead atoms. The molecule has 2 aromatic rings. The molecular weight excluding hydrogens is 246 g/mol. The number of nitrogens with zero attached hydrogens (tertiary/aromatic N) is 1. The molecule has 0 radical (unpaired) electrons. The summed E-state index contributed by atoms with van der Waals surface area (Å²) in [6.07, 6.45) is 4.08. The number of fused-ring (bicyclic) bond motifs is 2. The molecule has 0 aliphatic carbocycles. The first-order valence-electron chi connectivity index (χ1n) is 7.44. The van der Waals surface area contributed by atoms with Gasteiger partial charge in [-0.1, -0.05) is 36.4 Å². The van der Waals surface area contributed by atoms with Gasteiger partial charge < -0.3 is 10.0 Å². The summed E-state index contributed by atoms with van der Waals surface area (Å²) >= 11 is 0. The van der Waals surface area contributed by atoms with Crippen molar-refractivity contribution < 1.29 is 5.11 Å². The van der Waals surface area contributed by atoms with Crippen molar-refractivity contribution in [1.29, 1.82) is 0 Å². The second kappa shape index (κ2) is 6.10. The summed E-state index contributed by atoms with van der Waals surface area (Å²) in [6.45, 7) is 1.24. The molecule has 1 aliphatic heterocycles. The summed E-state index contributed by atoms with van der Waals surface area (Å²) in [7, 11) is 0. The van der Waals surface area contributed by atoms with E-state index in [0.717, 1.165) is 32.2 Å². The SMILES string of the molecule is OCCCCN1c2ccccc2CCc2ccccc21. The van der Waals surface area contributed by atoms with E-state index in [1.54, 1.807) is 0 Å². The van der Waals surface area contributed by atoms with E-state index in [2.05, 4.69) is 53.4 Å². The molecule has 0 saturated carbocycles. The third-order valence-corrected chi connectivity index (χ3v) is 4.02. The maximum atomic E-state index is 9.02. The Bertz CT molecular complexity index is 532. The minimum atomic E-state index is 0.275. The van der Waals surface area contributed by atoms with Crippen molar-refractivity contribution in [1.82, 2.24) is 0 Å². The smallest absolute Gasteiger partial charge is 0.0443 e. The van der Waals surface area contributed by atoms with Crippen molar-refractivity contribution in [3.05, 3.63) is 59.7 Å². The van der Waals surface area contributed by atoms with E-state index >= 15 is 0 Å². The largest absolute Gasteiger partial charge is 0.396 e. The van der Waals surface area contributed by atoms with Crippen LogP contribution in [-0.2, 0) is 12.8 Å². The van der Waals surface area contributed by atoms with Crippen LogP contribution in [0.4, 0.5) is 11.4 Å². The van der Waals surface area contributed by atoms with E-state index in [4.69, 9.17) is 5.11 Å². The van der Waals surface area contributed by atoms with Crippen LogP contribution in [0.15, 0.2) is 48.5 Å². The maximum absolute atomic E-state index is 9.02. The molecule has 0 saturated heterocycles. The zero-order valence-electron chi connectivity index (χ0n) is 11.8. The van der Waals surface area contributed by atoms with E-state index in [-0.39, 0.29) is 6.61 Å². The Kier molecular flexibility index (Phi) is 4.03. The highest BCUT2D eigenvalue weighted by Gasteiger charge is 2.19. The third kappa shape index (κ3) is 2.56. The number of benzene rings is 2. The van der Waals surface area contributed by atoms with E-state index in [9.17, 15) is 0 Å². The zero-order valence-corrected chi connectivity index (χ0v) is 11.8. The number of aliphatic hydroxyl groups is 1. The molecule has 20 heavy (non-hydrogen) atoms. The predicted molar refractivity (Wildman–Crippen MR) is 83.6 cm³/mol. The fraction of sp³-hybridized carbons (Fsp3) is 0.333. The fourth-order valence-corrected chi connectivity index (χ4v) is 2.99. The number of aliphatic hydroxyl groups excluding tert-OH is 1. The molecule has 1 heterocycles. The third-order valence-electron chi connectivity index (χ3n) is 4.02. The maximum Gasteiger partial charge on any atom is 0.0443 e. The molecule has 0 unspecified atom stereocenters. The Balaban J connectivity index is 2.00.